The topological polar surface area (TPSA) is 40.1 Å². The Kier molecular flexibility index (Phi) is 18.9. The first-order valence-corrected chi connectivity index (χ1v) is 7.95. The van der Waals surface area contributed by atoms with Crippen molar-refractivity contribution in [2.24, 2.45) is 0 Å². The second-order valence-electron chi connectivity index (χ2n) is 4.76. The largest absolute Gasteiger partial charge is 1.00 e. The molecule has 1 atom stereocenters. The van der Waals surface area contributed by atoms with Crippen LogP contribution in [0.4, 0.5) is 0 Å². The molecular formula is C14H26BrNaO2. The zero-order chi connectivity index (χ0) is 12.9. The van der Waals surface area contributed by atoms with Crippen LogP contribution in [-0.4, -0.2) is 10.8 Å². The predicted molar refractivity (Wildman–Crippen MR) is 74.2 cm³/mol. The van der Waals surface area contributed by atoms with E-state index in [0.717, 1.165) is 12.8 Å². The Balaban J connectivity index is 0. The zero-order valence-corrected chi connectivity index (χ0v) is 15.6. The average molecular weight is 329 g/mol. The Morgan fingerprint density at radius 1 is 0.944 bits per heavy atom. The summed E-state index contributed by atoms with van der Waals surface area (Å²) in [5, 5.41) is 10.4. The summed E-state index contributed by atoms with van der Waals surface area (Å²) in [6, 6.07) is 0. The van der Waals surface area contributed by atoms with Crippen LogP contribution in [0.15, 0.2) is 0 Å². The number of rotatable bonds is 12. The molecule has 0 spiro atoms. The fourth-order valence-corrected chi connectivity index (χ4v) is 2.25. The van der Waals surface area contributed by atoms with Crippen LogP contribution in [-0.2, 0) is 4.79 Å². The molecule has 0 aromatic rings. The van der Waals surface area contributed by atoms with Crippen LogP contribution in [0.25, 0.3) is 0 Å². The van der Waals surface area contributed by atoms with E-state index in [1.54, 1.807) is 0 Å². The van der Waals surface area contributed by atoms with E-state index in [0.29, 0.717) is 6.42 Å². The van der Waals surface area contributed by atoms with E-state index in [2.05, 4.69) is 22.9 Å². The molecule has 0 aliphatic heterocycles. The maximum absolute atomic E-state index is 10.4. The molecule has 0 aromatic carbocycles. The van der Waals surface area contributed by atoms with Gasteiger partial charge >= 0.3 is 29.6 Å². The molecule has 1 unspecified atom stereocenters. The first kappa shape index (κ1) is 21.3. The van der Waals surface area contributed by atoms with Crippen molar-refractivity contribution < 1.29 is 39.5 Å². The summed E-state index contributed by atoms with van der Waals surface area (Å²) in [5.74, 6) is -0.985. The van der Waals surface area contributed by atoms with Gasteiger partial charge in [0.25, 0.3) is 0 Å². The molecule has 0 saturated carbocycles. The van der Waals surface area contributed by atoms with E-state index in [9.17, 15) is 9.90 Å². The van der Waals surface area contributed by atoms with E-state index in [1.807, 2.05) is 0 Å². The van der Waals surface area contributed by atoms with Gasteiger partial charge in [-0.2, -0.15) is 0 Å². The Morgan fingerprint density at radius 3 is 1.72 bits per heavy atom. The smallest absolute Gasteiger partial charge is 0.549 e. The fourth-order valence-electron chi connectivity index (χ4n) is 1.93. The van der Waals surface area contributed by atoms with Gasteiger partial charge in [0.1, 0.15) is 0 Å². The van der Waals surface area contributed by atoms with Gasteiger partial charge in [-0.25, -0.2) is 0 Å². The molecule has 4 heteroatoms. The Hall–Kier alpha value is 0.950. The summed E-state index contributed by atoms with van der Waals surface area (Å²) in [7, 11) is 0. The van der Waals surface area contributed by atoms with E-state index < -0.39 is 10.8 Å². The minimum atomic E-state index is -0.985. The van der Waals surface area contributed by atoms with Gasteiger partial charge in [-0.05, 0) is 6.42 Å². The second kappa shape index (κ2) is 16.0. The van der Waals surface area contributed by atoms with Crippen molar-refractivity contribution in [1.29, 1.82) is 0 Å². The molecule has 0 radical (unpaired) electrons. The summed E-state index contributed by atoms with van der Waals surface area (Å²) in [5.41, 5.74) is 0. The summed E-state index contributed by atoms with van der Waals surface area (Å²) < 4.78 is 0. The number of carboxylic acids is 1. The quantitative estimate of drug-likeness (QED) is 0.302. The minimum Gasteiger partial charge on any atom is -0.549 e. The summed E-state index contributed by atoms with van der Waals surface area (Å²) in [4.78, 5) is 9.97. The van der Waals surface area contributed by atoms with Gasteiger partial charge < -0.3 is 9.90 Å². The van der Waals surface area contributed by atoms with Crippen LogP contribution in [0.5, 0.6) is 0 Å². The molecule has 18 heavy (non-hydrogen) atoms. The van der Waals surface area contributed by atoms with Crippen LogP contribution in [0.3, 0.4) is 0 Å². The van der Waals surface area contributed by atoms with Crippen LogP contribution >= 0.6 is 15.9 Å². The first-order valence-electron chi connectivity index (χ1n) is 7.03. The number of carboxylic acid groups (broad SMARTS) is 1. The molecule has 0 aromatic heterocycles. The number of hydrogen-bond donors (Lipinski definition) is 0. The SMILES string of the molecule is CCCCCCCCCCCCC(Br)C(=O)[O-].[Na+]. The number of hydrogen-bond acceptors (Lipinski definition) is 2. The van der Waals surface area contributed by atoms with Crippen LogP contribution in [0, 0.1) is 0 Å². The number of carbonyl (C=O) groups excluding carboxylic acids is 1. The summed E-state index contributed by atoms with van der Waals surface area (Å²) >= 11 is 3.10. The molecule has 0 rings (SSSR count). The maximum atomic E-state index is 10.4. The molecular weight excluding hydrogens is 303 g/mol. The van der Waals surface area contributed by atoms with Gasteiger partial charge in [-0.15, -0.1) is 0 Å². The molecule has 0 aliphatic carbocycles. The third kappa shape index (κ3) is 15.0. The molecule has 0 N–H and O–H groups in total. The van der Waals surface area contributed by atoms with Gasteiger partial charge in [0, 0.05) is 0 Å². The number of carbonyl (C=O) groups is 1. The van der Waals surface area contributed by atoms with E-state index in [1.165, 1.54) is 51.4 Å². The van der Waals surface area contributed by atoms with Gasteiger partial charge in [0.2, 0.25) is 0 Å². The monoisotopic (exact) mass is 328 g/mol. The molecule has 0 amide bonds. The molecule has 2 nitrogen and oxygen atoms in total. The fraction of sp³-hybridized carbons (Fsp3) is 0.929. The second-order valence-corrected chi connectivity index (χ2v) is 5.86. The van der Waals surface area contributed by atoms with Crippen molar-refractivity contribution in [3.63, 3.8) is 0 Å². The van der Waals surface area contributed by atoms with E-state index >= 15 is 0 Å². The Bertz CT molecular complexity index is 189. The van der Waals surface area contributed by atoms with Crippen molar-refractivity contribution in [3.8, 4) is 0 Å². The van der Waals surface area contributed by atoms with Gasteiger partial charge in [0.05, 0.1) is 10.8 Å². The van der Waals surface area contributed by atoms with Crippen LogP contribution in [0.2, 0.25) is 0 Å². The van der Waals surface area contributed by atoms with Crippen molar-refractivity contribution in [1.82, 2.24) is 0 Å². The number of alkyl halides is 1. The van der Waals surface area contributed by atoms with Gasteiger partial charge in [-0.3, -0.25) is 0 Å². The average Bonchev–Trinajstić information content (AvgIpc) is 2.31. The third-order valence-corrected chi connectivity index (χ3v) is 3.90. The van der Waals surface area contributed by atoms with Crippen molar-refractivity contribution in [2.45, 2.75) is 82.4 Å². The number of halogens is 1. The number of unbranched alkanes of at least 4 members (excludes halogenated alkanes) is 9. The normalized spacial score (nSPS) is 11.9. The molecule has 0 aliphatic rings. The molecule has 0 saturated heterocycles. The minimum absolute atomic E-state index is 0. The molecule has 0 fully saturated rings. The summed E-state index contributed by atoms with van der Waals surface area (Å²) in [6.45, 7) is 2.24. The van der Waals surface area contributed by atoms with Crippen LogP contribution in [0.1, 0.15) is 77.6 Å². The van der Waals surface area contributed by atoms with Crippen LogP contribution < -0.4 is 34.7 Å². The van der Waals surface area contributed by atoms with E-state index in [4.69, 9.17) is 0 Å². The Labute approximate surface area is 143 Å². The van der Waals surface area contributed by atoms with Crippen molar-refractivity contribution in [3.05, 3.63) is 0 Å². The third-order valence-electron chi connectivity index (χ3n) is 3.07. The summed E-state index contributed by atoms with van der Waals surface area (Å²) in [6.07, 6.45) is 13.5. The first-order chi connectivity index (χ1) is 8.18. The standard InChI is InChI=1S/C14H27BrO2.Na/c1-2-3-4-5-6-7-8-9-10-11-12-13(15)14(16)17;/h13H,2-12H2,1H3,(H,16,17);/q;+1/p-1. The number of aliphatic carboxylic acids is 1. The maximum Gasteiger partial charge on any atom is 1.00 e. The van der Waals surface area contributed by atoms with Gasteiger partial charge in [0.15, 0.2) is 0 Å². The van der Waals surface area contributed by atoms with Crippen molar-refractivity contribution >= 4 is 21.9 Å². The molecule has 0 heterocycles. The zero-order valence-electron chi connectivity index (χ0n) is 12.0. The van der Waals surface area contributed by atoms with E-state index in [-0.39, 0.29) is 29.6 Å². The van der Waals surface area contributed by atoms with Gasteiger partial charge in [-0.1, -0.05) is 87.1 Å². The predicted octanol–water partition coefficient (Wildman–Crippen LogP) is 0.815. The van der Waals surface area contributed by atoms with Crippen molar-refractivity contribution in [2.75, 3.05) is 0 Å². The molecule has 0 bridgehead atoms. The Morgan fingerprint density at radius 2 is 1.33 bits per heavy atom. The molecule has 102 valence electrons.